The maximum Gasteiger partial charge on any atom is 0.358 e. The van der Waals surface area contributed by atoms with E-state index in [1.165, 1.54) is 30.3 Å². The third-order valence-corrected chi connectivity index (χ3v) is 9.49. The smallest absolute Gasteiger partial charge is 0.358 e. The maximum absolute atomic E-state index is 13.5. The molecule has 0 amide bonds. The van der Waals surface area contributed by atoms with Gasteiger partial charge in [-0.15, -0.1) is 0 Å². The van der Waals surface area contributed by atoms with Crippen molar-refractivity contribution in [3.63, 3.8) is 0 Å². The van der Waals surface area contributed by atoms with E-state index >= 15 is 0 Å². The van der Waals surface area contributed by atoms with Crippen LogP contribution in [0, 0.1) is 10.8 Å². The predicted octanol–water partition coefficient (Wildman–Crippen LogP) is 6.54. The van der Waals surface area contributed by atoms with Crippen molar-refractivity contribution in [1.29, 1.82) is 0 Å². The molecular formula is C36H41O11P. The van der Waals surface area contributed by atoms with Gasteiger partial charge in [-0.3, -0.25) is 14.2 Å². The summed E-state index contributed by atoms with van der Waals surface area (Å²) < 4.78 is 42.7. The van der Waals surface area contributed by atoms with E-state index in [1.807, 2.05) is 0 Å². The number of carbonyl (C=O) groups is 3. The average molecular weight is 681 g/mol. The molecule has 3 aromatic rings. The van der Waals surface area contributed by atoms with E-state index in [0.29, 0.717) is 24.0 Å². The Morgan fingerprint density at radius 3 is 1.83 bits per heavy atom. The average Bonchev–Trinajstić information content (AvgIpc) is 3.29. The van der Waals surface area contributed by atoms with Crippen LogP contribution in [0.1, 0.15) is 94.3 Å². The van der Waals surface area contributed by atoms with Crippen molar-refractivity contribution in [2.45, 2.75) is 72.8 Å². The van der Waals surface area contributed by atoms with Gasteiger partial charge in [0.1, 0.15) is 23.0 Å². The number of rotatable bonds is 10. The fourth-order valence-electron chi connectivity index (χ4n) is 5.32. The summed E-state index contributed by atoms with van der Waals surface area (Å²) in [6.45, 7) is 10.5. The van der Waals surface area contributed by atoms with Crippen LogP contribution in [-0.2, 0) is 29.0 Å². The molecule has 48 heavy (non-hydrogen) atoms. The van der Waals surface area contributed by atoms with Gasteiger partial charge >= 0.3 is 25.5 Å². The second kappa shape index (κ2) is 13.1. The molecule has 0 bridgehead atoms. The second-order valence-corrected chi connectivity index (χ2v) is 15.8. The number of aliphatic hydroxyl groups excluding tert-OH is 1. The summed E-state index contributed by atoms with van der Waals surface area (Å²) in [7, 11) is -4.33. The van der Waals surface area contributed by atoms with E-state index in [1.54, 1.807) is 65.8 Å². The van der Waals surface area contributed by atoms with Gasteiger partial charge in [0, 0.05) is 35.4 Å². The van der Waals surface area contributed by atoms with Crippen LogP contribution in [0.25, 0.3) is 0 Å². The predicted molar refractivity (Wildman–Crippen MR) is 176 cm³/mol. The lowest BCUT2D eigenvalue weighted by molar-refractivity contribution is -0.143. The number of unbranched alkanes of at least 4 members (excludes halogenated alkanes) is 3. The first-order chi connectivity index (χ1) is 22.5. The van der Waals surface area contributed by atoms with Crippen molar-refractivity contribution >= 4 is 30.8 Å². The summed E-state index contributed by atoms with van der Waals surface area (Å²) in [5.74, 6) is -0.851. The molecule has 1 atom stereocenters. The van der Waals surface area contributed by atoms with Crippen LogP contribution in [0.2, 0.25) is 0 Å². The SMILES string of the molecule is CC(C)(C)C(=O)Oc1ccc2c(c1)Oc1cc(OC(=O)C(C)(C)C)ccc1C21OC(=O)c2ccc(P(=O)(O)OCCCCCCO)cc21. The zero-order valence-corrected chi connectivity index (χ0v) is 28.8. The summed E-state index contributed by atoms with van der Waals surface area (Å²) in [5.41, 5.74) is -1.99. The third kappa shape index (κ3) is 6.91. The van der Waals surface area contributed by atoms with Crippen LogP contribution in [-0.4, -0.2) is 41.1 Å². The summed E-state index contributed by atoms with van der Waals surface area (Å²) in [4.78, 5) is 49.9. The van der Waals surface area contributed by atoms with Crippen molar-refractivity contribution in [2.24, 2.45) is 10.8 Å². The molecule has 1 spiro atoms. The number of hydrogen-bond donors (Lipinski definition) is 2. The molecular weight excluding hydrogens is 639 g/mol. The van der Waals surface area contributed by atoms with E-state index in [9.17, 15) is 23.8 Å². The molecule has 0 saturated carbocycles. The van der Waals surface area contributed by atoms with Gasteiger partial charge in [0.2, 0.25) is 0 Å². The topological polar surface area (TPSA) is 155 Å². The van der Waals surface area contributed by atoms with E-state index in [-0.39, 0.29) is 52.6 Å². The lowest BCUT2D eigenvalue weighted by Gasteiger charge is -2.37. The van der Waals surface area contributed by atoms with Crippen molar-refractivity contribution in [2.75, 3.05) is 13.2 Å². The third-order valence-electron chi connectivity index (χ3n) is 8.02. The van der Waals surface area contributed by atoms with Crippen LogP contribution >= 0.6 is 7.60 Å². The lowest BCUT2D eigenvalue weighted by atomic mass is 9.77. The first-order valence-corrected chi connectivity index (χ1v) is 17.4. The normalized spacial score (nSPS) is 15.8. The molecule has 2 N–H and O–H groups in total. The molecule has 11 nitrogen and oxygen atoms in total. The van der Waals surface area contributed by atoms with Gasteiger partial charge in [-0.05, 0) is 96.8 Å². The Morgan fingerprint density at radius 2 is 1.31 bits per heavy atom. The number of fused-ring (bicyclic) bond motifs is 6. The van der Waals surface area contributed by atoms with E-state index in [4.69, 9.17) is 28.6 Å². The van der Waals surface area contributed by atoms with Gasteiger partial charge in [0.15, 0.2) is 5.60 Å². The quantitative estimate of drug-likeness (QED) is 0.104. The molecule has 0 fully saturated rings. The van der Waals surface area contributed by atoms with Crippen molar-refractivity contribution in [3.05, 3.63) is 76.9 Å². The van der Waals surface area contributed by atoms with Gasteiger partial charge in [0.25, 0.3) is 0 Å². The van der Waals surface area contributed by atoms with Gasteiger partial charge in [-0.25, -0.2) is 4.79 Å². The molecule has 256 valence electrons. The van der Waals surface area contributed by atoms with Gasteiger partial charge < -0.3 is 33.5 Å². The zero-order chi connectivity index (χ0) is 35.1. The molecule has 5 rings (SSSR count). The molecule has 3 aromatic carbocycles. The Morgan fingerprint density at radius 1 is 0.771 bits per heavy atom. The Kier molecular flexibility index (Phi) is 9.65. The van der Waals surface area contributed by atoms with Gasteiger partial charge in [-0.2, -0.15) is 0 Å². The maximum atomic E-state index is 13.5. The summed E-state index contributed by atoms with van der Waals surface area (Å²) in [5, 5.41) is 8.95. The number of aliphatic hydroxyl groups is 1. The van der Waals surface area contributed by atoms with Gasteiger partial charge in [-0.1, -0.05) is 12.8 Å². The van der Waals surface area contributed by atoms with Gasteiger partial charge in [0.05, 0.1) is 28.3 Å². The molecule has 1 unspecified atom stereocenters. The number of benzene rings is 3. The number of ether oxygens (including phenoxy) is 4. The van der Waals surface area contributed by atoms with Crippen LogP contribution < -0.4 is 19.5 Å². The molecule has 2 heterocycles. The minimum Gasteiger partial charge on any atom is -0.456 e. The standard InChI is InChI=1S/C36H41O11P/c1-34(2,3)32(39)44-22-11-15-26-29(19-22)46-30-20-23(45-33(40)35(4,5)6)12-16-27(30)36(26)28-21-24(13-14-25(28)31(38)47-36)48(41,42)43-18-10-8-7-9-17-37/h11-16,19-21,37H,7-10,17-18H2,1-6H3,(H,41,42). The molecule has 2 aliphatic rings. The Labute approximate surface area is 279 Å². The zero-order valence-electron chi connectivity index (χ0n) is 28.0. The van der Waals surface area contributed by atoms with Crippen LogP contribution in [0.15, 0.2) is 54.6 Å². The highest BCUT2D eigenvalue weighted by Crippen LogP contribution is 2.57. The Bertz CT molecular complexity index is 1720. The minimum atomic E-state index is -4.33. The lowest BCUT2D eigenvalue weighted by Crippen LogP contribution is -2.34. The highest BCUT2D eigenvalue weighted by Gasteiger charge is 2.54. The number of hydrogen-bond acceptors (Lipinski definition) is 10. The first kappa shape index (κ1) is 35.3. The second-order valence-electron chi connectivity index (χ2n) is 14.0. The van der Waals surface area contributed by atoms with E-state index < -0.39 is 41.9 Å². The van der Waals surface area contributed by atoms with Crippen LogP contribution in [0.3, 0.4) is 0 Å². The van der Waals surface area contributed by atoms with E-state index in [0.717, 1.165) is 12.8 Å². The molecule has 0 aliphatic carbocycles. The van der Waals surface area contributed by atoms with Crippen LogP contribution in [0.4, 0.5) is 0 Å². The highest BCUT2D eigenvalue weighted by molar-refractivity contribution is 7.61. The molecule has 0 aromatic heterocycles. The summed E-state index contributed by atoms with van der Waals surface area (Å²) >= 11 is 0. The van der Waals surface area contributed by atoms with Crippen LogP contribution in [0.5, 0.6) is 23.0 Å². The molecule has 2 aliphatic heterocycles. The largest absolute Gasteiger partial charge is 0.456 e. The summed E-state index contributed by atoms with van der Waals surface area (Å²) in [6, 6.07) is 13.6. The monoisotopic (exact) mass is 680 g/mol. The fourth-order valence-corrected chi connectivity index (χ4v) is 6.40. The van der Waals surface area contributed by atoms with Crippen molar-refractivity contribution in [1.82, 2.24) is 0 Å². The molecule has 12 heteroatoms. The Hall–Kier alpha value is -4.02. The fraction of sp³-hybridized carbons (Fsp3) is 0.417. The van der Waals surface area contributed by atoms with Crippen molar-refractivity contribution in [3.8, 4) is 23.0 Å². The van der Waals surface area contributed by atoms with Crippen molar-refractivity contribution < 1.29 is 52.4 Å². The van der Waals surface area contributed by atoms with E-state index in [2.05, 4.69) is 0 Å². The number of esters is 3. The summed E-state index contributed by atoms with van der Waals surface area (Å²) in [6.07, 6.45) is 2.67. The molecule has 0 saturated heterocycles. The highest BCUT2D eigenvalue weighted by atomic mass is 31.2. The number of carbonyl (C=O) groups excluding carboxylic acids is 3. The Balaban J connectivity index is 1.61. The first-order valence-electron chi connectivity index (χ1n) is 15.9. The molecule has 0 radical (unpaired) electrons. The minimum absolute atomic E-state index is 0.0303.